The van der Waals surface area contributed by atoms with Gasteiger partial charge in [-0.3, -0.25) is 0 Å². The molecule has 0 aliphatic heterocycles. The van der Waals surface area contributed by atoms with Gasteiger partial charge < -0.3 is 9.53 Å². The molecule has 1 aliphatic rings. The van der Waals surface area contributed by atoms with Crippen molar-refractivity contribution in [1.29, 1.82) is 0 Å². The fraction of sp³-hybridized carbons (Fsp3) is 0.818. The maximum absolute atomic E-state index is 10.1. The van der Waals surface area contributed by atoms with Crippen molar-refractivity contribution in [3.8, 4) is 0 Å². The molecule has 82 valence electrons. The fourth-order valence-corrected chi connectivity index (χ4v) is 2.68. The molecule has 1 atom stereocenters. The zero-order valence-electron chi connectivity index (χ0n) is 9.92. The van der Waals surface area contributed by atoms with Gasteiger partial charge in [-0.25, -0.2) is 0 Å². The topological polar surface area (TPSA) is 29.5 Å². The predicted octanol–water partition coefficient (Wildman–Crippen LogP) is 3.05. The number of allylic oxidation sites excluding steroid dienone is 1. The van der Waals surface area contributed by atoms with Gasteiger partial charge >= 0.3 is 0 Å². The maximum Gasteiger partial charge on any atom is 0.196 e. The number of hydrogen-bond acceptors (Lipinski definition) is 2. The van der Waals surface area contributed by atoms with Crippen LogP contribution in [0, 0.1) is 0 Å². The van der Waals surface area contributed by atoms with Crippen LogP contribution in [0.1, 0.15) is 33.6 Å². The molecule has 0 aromatic carbocycles. The molecule has 0 fully saturated rings. The first-order valence-corrected chi connectivity index (χ1v) is 8.17. The Bertz CT molecular complexity index is 240. The van der Waals surface area contributed by atoms with E-state index in [4.69, 9.17) is 4.43 Å². The smallest absolute Gasteiger partial charge is 0.196 e. The summed E-state index contributed by atoms with van der Waals surface area (Å²) in [4.78, 5) is 0. The molecule has 1 rings (SSSR count). The van der Waals surface area contributed by atoms with Crippen molar-refractivity contribution in [2.24, 2.45) is 0 Å². The third-order valence-electron chi connectivity index (χ3n) is 3.29. The molecule has 0 saturated heterocycles. The molecule has 1 unspecified atom stereocenters. The first kappa shape index (κ1) is 11.9. The third kappa shape index (κ3) is 2.46. The quantitative estimate of drug-likeness (QED) is 0.435. The molecule has 0 bridgehead atoms. The second-order valence-corrected chi connectivity index (χ2v) is 10.4. The lowest BCUT2D eigenvalue weighted by Gasteiger charge is -2.41. The summed E-state index contributed by atoms with van der Waals surface area (Å²) in [6, 6.07) is 0. The molecule has 0 radical (unpaired) electrons. The van der Waals surface area contributed by atoms with Crippen molar-refractivity contribution in [1.82, 2.24) is 0 Å². The first-order chi connectivity index (χ1) is 6.16. The molecule has 0 spiro atoms. The predicted molar refractivity (Wildman–Crippen MR) is 61.6 cm³/mol. The van der Waals surface area contributed by atoms with E-state index in [1.807, 2.05) is 6.08 Å². The Morgan fingerprint density at radius 2 is 1.93 bits per heavy atom. The van der Waals surface area contributed by atoms with E-state index < -0.39 is 14.1 Å². The van der Waals surface area contributed by atoms with Gasteiger partial charge in [0.05, 0.1) is 0 Å². The molecule has 1 aliphatic carbocycles. The molecular weight excluding hydrogens is 192 g/mol. The van der Waals surface area contributed by atoms with Crippen molar-refractivity contribution >= 4 is 8.32 Å². The van der Waals surface area contributed by atoms with E-state index >= 15 is 0 Å². The van der Waals surface area contributed by atoms with Crippen molar-refractivity contribution in [3.63, 3.8) is 0 Å². The monoisotopic (exact) mass is 214 g/mol. The highest BCUT2D eigenvalue weighted by Crippen LogP contribution is 2.40. The van der Waals surface area contributed by atoms with Gasteiger partial charge in [-0.05, 0) is 30.6 Å². The van der Waals surface area contributed by atoms with Gasteiger partial charge in [-0.15, -0.1) is 0 Å². The summed E-state index contributed by atoms with van der Waals surface area (Å²) in [6.07, 6.45) is 5.42. The van der Waals surface area contributed by atoms with Crippen LogP contribution >= 0.6 is 0 Å². The van der Waals surface area contributed by atoms with E-state index in [-0.39, 0.29) is 5.04 Å². The molecule has 3 heteroatoms. The second-order valence-electron chi connectivity index (χ2n) is 5.65. The summed E-state index contributed by atoms with van der Waals surface area (Å²) in [5.41, 5.74) is 0. The minimum absolute atomic E-state index is 0.152. The molecule has 1 N–H and O–H groups in total. The average Bonchev–Trinajstić information content (AvgIpc) is 2.31. The van der Waals surface area contributed by atoms with Gasteiger partial charge in [-0.2, -0.15) is 0 Å². The van der Waals surface area contributed by atoms with Crippen molar-refractivity contribution in [3.05, 3.63) is 12.2 Å². The van der Waals surface area contributed by atoms with Crippen molar-refractivity contribution in [2.75, 3.05) is 0 Å². The van der Waals surface area contributed by atoms with Crippen LogP contribution in [0.5, 0.6) is 0 Å². The van der Waals surface area contributed by atoms with E-state index in [2.05, 4.69) is 33.9 Å². The zero-order chi connectivity index (χ0) is 11.0. The third-order valence-corrected chi connectivity index (χ3v) is 7.76. The molecule has 14 heavy (non-hydrogen) atoms. The minimum atomic E-state index is -1.84. The first-order valence-electron chi connectivity index (χ1n) is 5.27. The molecule has 0 heterocycles. The number of hydrogen-bond donors (Lipinski definition) is 1. The summed E-state index contributed by atoms with van der Waals surface area (Å²) in [5.74, 6) is -0.983. The summed E-state index contributed by atoms with van der Waals surface area (Å²) < 4.78 is 5.96. The van der Waals surface area contributed by atoms with Crippen LogP contribution in [0.25, 0.3) is 0 Å². The van der Waals surface area contributed by atoms with Crippen LogP contribution in [0.15, 0.2) is 12.2 Å². The van der Waals surface area contributed by atoms with E-state index in [9.17, 15) is 5.11 Å². The van der Waals surface area contributed by atoms with E-state index in [1.165, 1.54) is 0 Å². The van der Waals surface area contributed by atoms with Crippen LogP contribution in [0.2, 0.25) is 18.1 Å². The Morgan fingerprint density at radius 1 is 1.36 bits per heavy atom. The van der Waals surface area contributed by atoms with Crippen LogP contribution in [-0.2, 0) is 4.43 Å². The minimum Gasteiger partial charge on any atom is -0.387 e. The standard InChI is InChI=1S/C11H22O2Si/c1-10(2,3)14(4,5)13-11(12)8-6-7-9-11/h6,8,12H,7,9H2,1-5H3. The number of aliphatic hydroxyl groups is 1. The Balaban J connectivity index is 2.72. The molecule has 0 amide bonds. The normalized spacial score (nSPS) is 28.4. The van der Waals surface area contributed by atoms with Crippen LogP contribution in [0.4, 0.5) is 0 Å². The molecule has 2 nitrogen and oxygen atoms in total. The largest absolute Gasteiger partial charge is 0.387 e. The lowest BCUT2D eigenvalue weighted by molar-refractivity contribution is -0.103. The number of rotatable bonds is 2. The van der Waals surface area contributed by atoms with Crippen LogP contribution in [-0.4, -0.2) is 19.2 Å². The second kappa shape index (κ2) is 3.47. The Morgan fingerprint density at radius 3 is 2.29 bits per heavy atom. The van der Waals surface area contributed by atoms with Gasteiger partial charge in [0, 0.05) is 6.42 Å². The lowest BCUT2D eigenvalue weighted by Crippen LogP contribution is -2.48. The van der Waals surface area contributed by atoms with Crippen molar-refractivity contribution < 1.29 is 9.53 Å². The van der Waals surface area contributed by atoms with Gasteiger partial charge in [0.15, 0.2) is 14.1 Å². The SMILES string of the molecule is CC(C)(C)[Si](C)(C)OC1(O)C=CCC1. The van der Waals surface area contributed by atoms with Crippen LogP contribution < -0.4 is 0 Å². The zero-order valence-corrected chi connectivity index (χ0v) is 10.9. The highest BCUT2D eigenvalue weighted by molar-refractivity contribution is 6.74. The van der Waals surface area contributed by atoms with Gasteiger partial charge in [-0.1, -0.05) is 26.8 Å². The Labute approximate surface area is 88.1 Å². The van der Waals surface area contributed by atoms with E-state index in [0.29, 0.717) is 6.42 Å². The van der Waals surface area contributed by atoms with Crippen molar-refractivity contribution in [2.45, 2.75) is 57.5 Å². The molecular formula is C11H22O2Si. The lowest BCUT2D eigenvalue weighted by atomic mass is 10.2. The van der Waals surface area contributed by atoms with Crippen LogP contribution in [0.3, 0.4) is 0 Å². The fourth-order valence-electron chi connectivity index (χ4n) is 1.32. The highest BCUT2D eigenvalue weighted by Gasteiger charge is 2.43. The Hall–Kier alpha value is -0.123. The molecule has 0 aromatic heterocycles. The summed E-state index contributed by atoms with van der Waals surface area (Å²) >= 11 is 0. The van der Waals surface area contributed by atoms with E-state index in [0.717, 1.165) is 6.42 Å². The molecule has 0 aromatic rings. The highest BCUT2D eigenvalue weighted by atomic mass is 28.4. The summed E-state index contributed by atoms with van der Waals surface area (Å²) in [7, 11) is -1.84. The maximum atomic E-state index is 10.1. The Kier molecular flexibility index (Phi) is 2.96. The van der Waals surface area contributed by atoms with Gasteiger partial charge in [0.2, 0.25) is 0 Å². The summed E-state index contributed by atoms with van der Waals surface area (Å²) in [6.45, 7) is 10.9. The average molecular weight is 214 g/mol. The summed E-state index contributed by atoms with van der Waals surface area (Å²) in [5, 5.41) is 10.3. The van der Waals surface area contributed by atoms with E-state index in [1.54, 1.807) is 6.08 Å². The molecule has 0 saturated carbocycles. The van der Waals surface area contributed by atoms with Gasteiger partial charge in [0.1, 0.15) is 0 Å². The van der Waals surface area contributed by atoms with Gasteiger partial charge in [0.25, 0.3) is 0 Å².